The van der Waals surface area contributed by atoms with E-state index in [0.717, 1.165) is 12.1 Å². The van der Waals surface area contributed by atoms with Crippen LogP contribution in [0.4, 0.5) is 15.8 Å². The van der Waals surface area contributed by atoms with Gasteiger partial charge in [0.25, 0.3) is 0 Å². The Bertz CT molecular complexity index is 1450. The van der Waals surface area contributed by atoms with Crippen LogP contribution in [0.25, 0.3) is 11.1 Å². The van der Waals surface area contributed by atoms with Crippen LogP contribution in [0, 0.1) is 5.82 Å². The molecule has 0 atom stereocenters. The maximum absolute atomic E-state index is 14.0. The number of Topliss-reactive ketones (excluding diaryl/α,β-unsaturated/α-hetero) is 2. The van der Waals surface area contributed by atoms with Gasteiger partial charge in [-0.25, -0.2) is 9.18 Å². The number of carbonyl (C=O) groups excluding carboxylic acids is 4. The van der Waals surface area contributed by atoms with Crippen molar-refractivity contribution in [1.82, 2.24) is 0 Å². The van der Waals surface area contributed by atoms with Crippen molar-refractivity contribution in [1.29, 1.82) is 0 Å². The predicted molar refractivity (Wildman–Crippen MR) is 123 cm³/mol. The topological polar surface area (TPSA) is 130 Å². The SMILES string of the molecule is CC(=O)N1c2cc(F)c(O)cc2Oc2cc(O)c(-c3ccc(C(=O)OC4C(=O)CCC4=O)cc3)cc21. The molecule has 2 aliphatic rings. The Labute approximate surface area is 203 Å². The van der Waals surface area contributed by atoms with E-state index in [1.165, 1.54) is 48.2 Å². The van der Waals surface area contributed by atoms with Gasteiger partial charge in [0.2, 0.25) is 12.0 Å². The minimum atomic E-state index is -1.38. The number of phenolic OH excluding ortho intramolecular Hbond substituents is 2. The van der Waals surface area contributed by atoms with Gasteiger partial charge in [-0.1, -0.05) is 12.1 Å². The molecule has 3 aromatic rings. The van der Waals surface area contributed by atoms with Crippen molar-refractivity contribution in [3.05, 3.63) is 59.9 Å². The zero-order valence-electron chi connectivity index (χ0n) is 18.8. The summed E-state index contributed by atoms with van der Waals surface area (Å²) in [5.41, 5.74) is 1.16. The van der Waals surface area contributed by atoms with Crippen LogP contribution in [0.1, 0.15) is 30.1 Å². The quantitative estimate of drug-likeness (QED) is 0.413. The van der Waals surface area contributed by atoms with Crippen LogP contribution < -0.4 is 9.64 Å². The molecule has 0 saturated heterocycles. The second kappa shape index (κ2) is 8.49. The molecule has 9 nitrogen and oxygen atoms in total. The molecule has 1 amide bonds. The van der Waals surface area contributed by atoms with Crippen molar-refractivity contribution in [2.45, 2.75) is 25.9 Å². The van der Waals surface area contributed by atoms with Crippen molar-refractivity contribution >= 4 is 34.8 Å². The highest BCUT2D eigenvalue weighted by Crippen LogP contribution is 2.51. The lowest BCUT2D eigenvalue weighted by Crippen LogP contribution is -2.28. The molecule has 1 aliphatic heterocycles. The number of aromatic hydroxyl groups is 2. The van der Waals surface area contributed by atoms with Gasteiger partial charge in [0, 0.05) is 43.5 Å². The normalized spacial score (nSPS) is 14.8. The van der Waals surface area contributed by atoms with Crippen LogP contribution in [-0.4, -0.2) is 39.8 Å². The number of esters is 1. The largest absolute Gasteiger partial charge is 0.507 e. The molecule has 10 heteroatoms. The first kappa shape index (κ1) is 23.0. The fourth-order valence-corrected chi connectivity index (χ4v) is 4.20. The number of amides is 1. The predicted octanol–water partition coefficient (Wildman–Crippen LogP) is 4.15. The lowest BCUT2D eigenvalue weighted by molar-refractivity contribution is -0.133. The number of ether oxygens (including phenoxy) is 2. The molecule has 2 N–H and O–H groups in total. The van der Waals surface area contributed by atoms with E-state index in [-0.39, 0.29) is 52.6 Å². The Morgan fingerprint density at radius 1 is 0.944 bits per heavy atom. The Morgan fingerprint density at radius 2 is 1.53 bits per heavy atom. The number of phenols is 2. The van der Waals surface area contributed by atoms with Crippen molar-refractivity contribution in [3.8, 4) is 34.1 Å². The maximum Gasteiger partial charge on any atom is 0.339 e. The Morgan fingerprint density at radius 3 is 2.14 bits per heavy atom. The molecule has 1 fully saturated rings. The van der Waals surface area contributed by atoms with E-state index in [1.807, 2.05) is 0 Å². The number of ketones is 2. The standard InChI is InChI=1S/C26H18FNO8/c1-12(29)28-17-8-15(21(32)10-23(17)35-24-11-22(33)16(27)9-18(24)28)13-2-4-14(5-3-13)26(34)36-25-19(30)6-7-20(25)31/h2-5,8-11,25,32-33H,6-7H2,1H3. The molecule has 36 heavy (non-hydrogen) atoms. The van der Waals surface area contributed by atoms with Crippen molar-refractivity contribution in [2.24, 2.45) is 0 Å². The zero-order chi connectivity index (χ0) is 25.7. The Balaban J connectivity index is 1.47. The number of benzene rings is 3. The van der Waals surface area contributed by atoms with Crippen molar-refractivity contribution in [2.75, 3.05) is 4.90 Å². The number of nitrogens with zero attached hydrogens (tertiary/aromatic N) is 1. The van der Waals surface area contributed by atoms with E-state index in [1.54, 1.807) is 0 Å². The van der Waals surface area contributed by atoms with Crippen molar-refractivity contribution < 1.29 is 43.3 Å². The highest BCUT2D eigenvalue weighted by atomic mass is 19.1. The van der Waals surface area contributed by atoms with Crippen LogP contribution in [0.15, 0.2) is 48.5 Å². The smallest absolute Gasteiger partial charge is 0.339 e. The Hall–Kier alpha value is -4.73. The average molecular weight is 491 g/mol. The average Bonchev–Trinajstić information content (AvgIpc) is 3.15. The summed E-state index contributed by atoms with van der Waals surface area (Å²) in [6.07, 6.45) is -1.28. The summed E-state index contributed by atoms with van der Waals surface area (Å²) in [6.45, 7) is 1.27. The maximum atomic E-state index is 14.0. The second-order valence-electron chi connectivity index (χ2n) is 8.36. The monoisotopic (exact) mass is 491 g/mol. The summed E-state index contributed by atoms with van der Waals surface area (Å²) in [7, 11) is 0. The van der Waals surface area contributed by atoms with Gasteiger partial charge >= 0.3 is 5.97 Å². The minimum absolute atomic E-state index is 0.0332. The third kappa shape index (κ3) is 3.82. The molecule has 0 radical (unpaired) electrons. The lowest BCUT2D eigenvalue weighted by Gasteiger charge is -2.31. The van der Waals surface area contributed by atoms with E-state index in [9.17, 15) is 33.8 Å². The molecular weight excluding hydrogens is 473 g/mol. The van der Waals surface area contributed by atoms with E-state index in [2.05, 4.69) is 0 Å². The third-order valence-electron chi connectivity index (χ3n) is 5.98. The molecule has 1 saturated carbocycles. The number of fused-ring (bicyclic) bond motifs is 2. The summed E-state index contributed by atoms with van der Waals surface area (Å²) in [5.74, 6) is -3.81. The van der Waals surface area contributed by atoms with Gasteiger partial charge in [-0.05, 0) is 23.8 Å². The molecule has 1 heterocycles. The first-order valence-corrected chi connectivity index (χ1v) is 10.9. The molecule has 3 aromatic carbocycles. The summed E-state index contributed by atoms with van der Waals surface area (Å²) in [4.78, 5) is 49.5. The van der Waals surface area contributed by atoms with E-state index in [0.29, 0.717) is 5.56 Å². The minimum Gasteiger partial charge on any atom is -0.507 e. The Kier molecular flexibility index (Phi) is 5.43. The number of hydrogen-bond donors (Lipinski definition) is 2. The van der Waals surface area contributed by atoms with Gasteiger partial charge in [-0.3, -0.25) is 19.3 Å². The van der Waals surface area contributed by atoms with Gasteiger partial charge in [0.15, 0.2) is 34.6 Å². The summed E-state index contributed by atoms with van der Waals surface area (Å²) >= 11 is 0. The van der Waals surface area contributed by atoms with Crippen LogP contribution >= 0.6 is 0 Å². The van der Waals surface area contributed by atoms with Crippen LogP contribution in [0.2, 0.25) is 0 Å². The third-order valence-corrected chi connectivity index (χ3v) is 5.98. The summed E-state index contributed by atoms with van der Waals surface area (Å²) in [6, 6.07) is 10.6. The molecular formula is C26H18FNO8. The van der Waals surface area contributed by atoms with Crippen molar-refractivity contribution in [3.63, 3.8) is 0 Å². The molecule has 182 valence electrons. The first-order chi connectivity index (χ1) is 17.1. The number of carbonyl (C=O) groups is 4. The summed E-state index contributed by atoms with van der Waals surface area (Å²) in [5, 5.41) is 20.3. The molecule has 1 aliphatic carbocycles. The summed E-state index contributed by atoms with van der Waals surface area (Å²) < 4.78 is 24.8. The number of halogens is 1. The zero-order valence-corrected chi connectivity index (χ0v) is 18.8. The fraction of sp³-hybridized carbons (Fsp3) is 0.154. The number of hydrogen-bond acceptors (Lipinski definition) is 8. The van der Waals surface area contributed by atoms with E-state index >= 15 is 0 Å². The molecule has 0 bridgehead atoms. The molecule has 0 spiro atoms. The first-order valence-electron chi connectivity index (χ1n) is 10.9. The molecule has 5 rings (SSSR count). The van der Waals surface area contributed by atoms with Gasteiger partial charge in [0.05, 0.1) is 16.9 Å². The second-order valence-corrected chi connectivity index (χ2v) is 8.36. The lowest BCUT2D eigenvalue weighted by atomic mass is 10.0. The number of anilines is 2. The highest BCUT2D eigenvalue weighted by molar-refractivity contribution is 6.13. The highest BCUT2D eigenvalue weighted by Gasteiger charge is 2.36. The van der Waals surface area contributed by atoms with Gasteiger partial charge < -0.3 is 19.7 Å². The molecule has 0 aromatic heterocycles. The van der Waals surface area contributed by atoms with Crippen LogP contribution in [-0.2, 0) is 19.1 Å². The number of rotatable bonds is 3. The molecule has 0 unspecified atom stereocenters. The van der Waals surface area contributed by atoms with Gasteiger partial charge in [-0.15, -0.1) is 0 Å². The van der Waals surface area contributed by atoms with E-state index < -0.39 is 41.1 Å². The van der Waals surface area contributed by atoms with E-state index in [4.69, 9.17) is 9.47 Å². The van der Waals surface area contributed by atoms with Gasteiger partial charge in [0.1, 0.15) is 5.75 Å². The van der Waals surface area contributed by atoms with Crippen LogP contribution in [0.3, 0.4) is 0 Å². The van der Waals surface area contributed by atoms with Gasteiger partial charge in [-0.2, -0.15) is 0 Å². The van der Waals surface area contributed by atoms with Crippen LogP contribution in [0.5, 0.6) is 23.0 Å². The fourth-order valence-electron chi connectivity index (χ4n) is 4.20.